The Kier molecular flexibility index (Phi) is 4.25. The fourth-order valence-electron chi connectivity index (χ4n) is 1.74. The largest absolute Gasteiger partial charge is 0.487 e. The van der Waals surface area contributed by atoms with E-state index in [2.05, 4.69) is 0 Å². The Morgan fingerprint density at radius 2 is 2.05 bits per heavy atom. The molecule has 0 amide bonds. The van der Waals surface area contributed by atoms with Crippen LogP contribution in [0.15, 0.2) is 36.4 Å². The van der Waals surface area contributed by atoms with E-state index in [-0.39, 0.29) is 17.2 Å². The van der Waals surface area contributed by atoms with Crippen molar-refractivity contribution in [3.8, 4) is 5.75 Å². The van der Waals surface area contributed by atoms with Crippen LogP contribution in [0.2, 0.25) is 5.02 Å². The van der Waals surface area contributed by atoms with Crippen LogP contribution in [0.3, 0.4) is 0 Å². The van der Waals surface area contributed by atoms with Gasteiger partial charge in [0.25, 0.3) is 0 Å². The van der Waals surface area contributed by atoms with Gasteiger partial charge in [-0.3, -0.25) is 0 Å². The molecule has 1 N–H and O–H groups in total. The Morgan fingerprint density at radius 3 is 2.65 bits per heavy atom. The highest BCUT2D eigenvalue weighted by atomic mass is 35.5. The normalized spacial score (nSPS) is 10.3. The summed E-state index contributed by atoms with van der Waals surface area (Å²) in [5.41, 5.74) is 1.88. The molecule has 5 heteroatoms. The van der Waals surface area contributed by atoms with Gasteiger partial charge < -0.3 is 9.84 Å². The Hall–Kier alpha value is -2.07. The highest BCUT2D eigenvalue weighted by Gasteiger charge is 2.08. The standard InChI is InChI=1S/C15H12ClFO3/c1-9-6-10(15(18)19)2-3-11(9)8-20-14-5-4-12(17)7-13(14)16/h2-7H,8H2,1H3,(H,18,19). The summed E-state index contributed by atoms with van der Waals surface area (Å²) in [5, 5.41) is 9.09. The Balaban J connectivity index is 2.13. The van der Waals surface area contributed by atoms with E-state index in [4.69, 9.17) is 21.4 Å². The van der Waals surface area contributed by atoms with Gasteiger partial charge in [-0.15, -0.1) is 0 Å². The number of hydrogen-bond acceptors (Lipinski definition) is 2. The molecule has 0 fully saturated rings. The first kappa shape index (κ1) is 14.3. The van der Waals surface area contributed by atoms with Gasteiger partial charge in [0.2, 0.25) is 0 Å². The molecule has 0 aliphatic rings. The van der Waals surface area contributed by atoms with Crippen molar-refractivity contribution in [2.75, 3.05) is 0 Å². The number of aromatic carboxylic acids is 1. The van der Waals surface area contributed by atoms with E-state index in [0.717, 1.165) is 11.1 Å². The number of carboxylic acids is 1. The van der Waals surface area contributed by atoms with Crippen molar-refractivity contribution in [3.05, 3.63) is 63.9 Å². The van der Waals surface area contributed by atoms with Crippen molar-refractivity contribution >= 4 is 17.6 Å². The Labute approximate surface area is 120 Å². The Morgan fingerprint density at radius 1 is 1.30 bits per heavy atom. The van der Waals surface area contributed by atoms with E-state index in [0.29, 0.717) is 5.75 Å². The molecule has 0 heterocycles. The Bertz CT molecular complexity index is 656. The number of rotatable bonds is 4. The highest BCUT2D eigenvalue weighted by molar-refractivity contribution is 6.32. The number of carbonyl (C=O) groups is 1. The molecule has 2 aromatic carbocycles. The number of hydrogen-bond donors (Lipinski definition) is 1. The second-order valence-corrected chi connectivity index (χ2v) is 4.72. The molecule has 2 rings (SSSR count). The molecule has 0 saturated carbocycles. The van der Waals surface area contributed by atoms with Gasteiger partial charge in [0, 0.05) is 0 Å². The quantitative estimate of drug-likeness (QED) is 0.925. The molecule has 0 spiro atoms. The maximum atomic E-state index is 12.9. The first-order chi connectivity index (χ1) is 9.47. The van der Waals surface area contributed by atoms with E-state index >= 15 is 0 Å². The summed E-state index contributed by atoms with van der Waals surface area (Å²) in [6, 6.07) is 8.68. The van der Waals surface area contributed by atoms with E-state index in [1.807, 2.05) is 0 Å². The van der Waals surface area contributed by atoms with E-state index in [1.54, 1.807) is 19.1 Å². The summed E-state index contributed by atoms with van der Waals surface area (Å²) in [6.07, 6.45) is 0. The SMILES string of the molecule is Cc1cc(C(=O)O)ccc1COc1ccc(F)cc1Cl. The molecule has 0 aliphatic heterocycles. The lowest BCUT2D eigenvalue weighted by Gasteiger charge is -2.10. The summed E-state index contributed by atoms with van der Waals surface area (Å²) in [5.74, 6) is -1.01. The lowest BCUT2D eigenvalue weighted by atomic mass is 10.1. The van der Waals surface area contributed by atoms with Crippen molar-refractivity contribution in [1.29, 1.82) is 0 Å². The van der Waals surface area contributed by atoms with Gasteiger partial charge in [-0.1, -0.05) is 17.7 Å². The lowest BCUT2D eigenvalue weighted by Crippen LogP contribution is -2.02. The van der Waals surface area contributed by atoms with Gasteiger partial charge >= 0.3 is 5.97 Å². The van der Waals surface area contributed by atoms with Gasteiger partial charge in [-0.05, 0) is 48.4 Å². The highest BCUT2D eigenvalue weighted by Crippen LogP contribution is 2.26. The van der Waals surface area contributed by atoms with Gasteiger partial charge in [-0.25, -0.2) is 9.18 Å². The van der Waals surface area contributed by atoms with Crippen LogP contribution in [0.25, 0.3) is 0 Å². The van der Waals surface area contributed by atoms with Crippen molar-refractivity contribution in [3.63, 3.8) is 0 Å². The molecular formula is C15H12ClFO3. The van der Waals surface area contributed by atoms with Gasteiger partial charge in [0.05, 0.1) is 10.6 Å². The maximum Gasteiger partial charge on any atom is 0.335 e. The van der Waals surface area contributed by atoms with Crippen LogP contribution >= 0.6 is 11.6 Å². The minimum Gasteiger partial charge on any atom is -0.487 e. The smallest absolute Gasteiger partial charge is 0.335 e. The number of halogens is 2. The van der Waals surface area contributed by atoms with Crippen LogP contribution in [-0.4, -0.2) is 11.1 Å². The molecule has 0 bridgehead atoms. The number of carboxylic acid groups (broad SMARTS) is 1. The summed E-state index contributed by atoms with van der Waals surface area (Å²) in [6.45, 7) is 2.04. The second kappa shape index (κ2) is 5.92. The molecule has 0 aliphatic carbocycles. The molecule has 104 valence electrons. The molecule has 0 radical (unpaired) electrons. The van der Waals surface area contributed by atoms with Crippen LogP contribution in [0.4, 0.5) is 4.39 Å². The molecule has 2 aromatic rings. The van der Waals surface area contributed by atoms with Gasteiger partial charge in [0.1, 0.15) is 18.2 Å². The van der Waals surface area contributed by atoms with Crippen molar-refractivity contribution in [1.82, 2.24) is 0 Å². The minimum absolute atomic E-state index is 0.199. The third-order valence-electron chi connectivity index (χ3n) is 2.87. The molecule has 20 heavy (non-hydrogen) atoms. The molecular weight excluding hydrogens is 283 g/mol. The predicted octanol–water partition coefficient (Wildman–Crippen LogP) is 4.06. The zero-order chi connectivity index (χ0) is 14.7. The lowest BCUT2D eigenvalue weighted by molar-refractivity contribution is 0.0696. The van der Waals surface area contributed by atoms with Crippen LogP contribution in [0.1, 0.15) is 21.5 Å². The third-order valence-corrected chi connectivity index (χ3v) is 3.16. The second-order valence-electron chi connectivity index (χ2n) is 4.31. The van der Waals surface area contributed by atoms with Gasteiger partial charge in [0.15, 0.2) is 0 Å². The van der Waals surface area contributed by atoms with Gasteiger partial charge in [-0.2, -0.15) is 0 Å². The summed E-state index contributed by atoms with van der Waals surface area (Å²) >= 11 is 5.86. The molecule has 0 unspecified atom stereocenters. The third kappa shape index (κ3) is 3.27. The first-order valence-electron chi connectivity index (χ1n) is 5.88. The average molecular weight is 295 g/mol. The summed E-state index contributed by atoms with van der Waals surface area (Å²) in [4.78, 5) is 10.8. The molecule has 0 atom stereocenters. The van der Waals surface area contributed by atoms with Crippen molar-refractivity contribution in [2.24, 2.45) is 0 Å². The predicted molar refractivity (Wildman–Crippen MR) is 73.9 cm³/mol. The van der Waals surface area contributed by atoms with Crippen molar-refractivity contribution < 1.29 is 19.0 Å². The number of benzene rings is 2. The summed E-state index contributed by atoms with van der Waals surface area (Å²) < 4.78 is 18.4. The average Bonchev–Trinajstić information content (AvgIpc) is 2.38. The molecule has 0 aromatic heterocycles. The van der Waals surface area contributed by atoms with Crippen molar-refractivity contribution in [2.45, 2.75) is 13.5 Å². The maximum absolute atomic E-state index is 12.9. The van der Waals surface area contributed by atoms with Crippen LogP contribution in [0.5, 0.6) is 5.75 Å². The molecule has 3 nitrogen and oxygen atoms in total. The van der Waals surface area contributed by atoms with E-state index in [1.165, 1.54) is 24.3 Å². The topological polar surface area (TPSA) is 46.5 Å². The zero-order valence-electron chi connectivity index (χ0n) is 10.7. The summed E-state index contributed by atoms with van der Waals surface area (Å²) in [7, 11) is 0. The van der Waals surface area contributed by atoms with Crippen LogP contribution in [-0.2, 0) is 6.61 Å². The van der Waals surface area contributed by atoms with E-state index in [9.17, 15) is 9.18 Å². The van der Waals surface area contributed by atoms with E-state index < -0.39 is 11.8 Å². The van der Waals surface area contributed by atoms with Crippen LogP contribution in [0, 0.1) is 12.7 Å². The molecule has 0 saturated heterocycles. The number of ether oxygens (including phenoxy) is 1. The zero-order valence-corrected chi connectivity index (χ0v) is 11.4. The van der Waals surface area contributed by atoms with Crippen LogP contribution < -0.4 is 4.74 Å². The number of aryl methyl sites for hydroxylation is 1. The fraction of sp³-hybridized carbons (Fsp3) is 0.133. The fourth-order valence-corrected chi connectivity index (χ4v) is 1.96. The minimum atomic E-state index is -0.970. The first-order valence-corrected chi connectivity index (χ1v) is 6.26. The monoisotopic (exact) mass is 294 g/mol.